The van der Waals surface area contributed by atoms with Crippen LogP contribution in [0.2, 0.25) is 0 Å². The molecule has 1 aliphatic rings. The molecule has 1 unspecified atom stereocenters. The number of hydrogen-bond acceptors (Lipinski definition) is 2. The van der Waals surface area contributed by atoms with Gasteiger partial charge in [-0.15, -0.1) is 11.3 Å². The van der Waals surface area contributed by atoms with Gasteiger partial charge in [-0.1, -0.05) is 42.5 Å². The molecule has 1 atom stereocenters. The molecule has 3 rings (SSSR count). The van der Waals surface area contributed by atoms with Crippen LogP contribution in [0, 0.1) is 0 Å². The molecule has 0 fully saturated rings. The molecule has 0 saturated carbocycles. The zero-order chi connectivity index (χ0) is 12.9. The van der Waals surface area contributed by atoms with E-state index in [1.807, 2.05) is 11.3 Å². The van der Waals surface area contributed by atoms with Crippen LogP contribution < -0.4 is 5.32 Å². The number of hydrogen-bond donors (Lipinski definition) is 1. The fourth-order valence-corrected chi connectivity index (χ4v) is 3.66. The Kier molecular flexibility index (Phi) is 4.11. The van der Waals surface area contributed by atoms with Crippen LogP contribution in [0.25, 0.3) is 6.08 Å². The minimum Gasteiger partial charge on any atom is -0.306 e. The van der Waals surface area contributed by atoms with E-state index < -0.39 is 0 Å². The van der Waals surface area contributed by atoms with Gasteiger partial charge in [0.15, 0.2) is 0 Å². The van der Waals surface area contributed by atoms with Crippen molar-refractivity contribution in [1.29, 1.82) is 0 Å². The van der Waals surface area contributed by atoms with E-state index in [0.29, 0.717) is 6.04 Å². The Hall–Kier alpha value is -1.38. The smallest absolute Gasteiger partial charge is 0.0334 e. The zero-order valence-corrected chi connectivity index (χ0v) is 11.8. The van der Waals surface area contributed by atoms with Gasteiger partial charge >= 0.3 is 0 Å². The first kappa shape index (κ1) is 12.6. The Labute approximate surface area is 119 Å². The summed E-state index contributed by atoms with van der Waals surface area (Å²) in [5.74, 6) is 0. The molecule has 0 spiro atoms. The lowest BCUT2D eigenvalue weighted by Crippen LogP contribution is -2.24. The second-order valence-corrected chi connectivity index (χ2v) is 5.97. The molecule has 98 valence electrons. The number of fused-ring (bicyclic) bond motifs is 1. The third-order valence-electron chi connectivity index (χ3n) is 3.64. The van der Waals surface area contributed by atoms with Crippen LogP contribution >= 0.6 is 11.3 Å². The first-order valence-corrected chi connectivity index (χ1v) is 7.83. The van der Waals surface area contributed by atoms with Crippen LogP contribution in [0.1, 0.15) is 34.9 Å². The van der Waals surface area contributed by atoms with Gasteiger partial charge in [0.25, 0.3) is 0 Å². The maximum Gasteiger partial charge on any atom is 0.0334 e. The number of thiophene rings is 1. The van der Waals surface area contributed by atoms with Gasteiger partial charge in [-0.2, -0.15) is 0 Å². The number of aryl methyl sites for hydroxylation is 1. The Morgan fingerprint density at radius 2 is 2.11 bits per heavy atom. The van der Waals surface area contributed by atoms with Crippen molar-refractivity contribution in [2.45, 2.75) is 25.3 Å². The molecule has 1 nitrogen and oxygen atoms in total. The molecule has 1 aliphatic carbocycles. The third kappa shape index (κ3) is 3.14. The molecule has 2 heteroatoms. The lowest BCUT2D eigenvalue weighted by atomic mass is 9.94. The highest BCUT2D eigenvalue weighted by Crippen LogP contribution is 2.32. The molecule has 0 aliphatic heterocycles. The number of nitrogens with one attached hydrogen (secondary N) is 1. The predicted octanol–water partition coefficient (Wildman–Crippen LogP) is 4.43. The van der Waals surface area contributed by atoms with E-state index in [4.69, 9.17) is 0 Å². The van der Waals surface area contributed by atoms with E-state index >= 15 is 0 Å². The van der Waals surface area contributed by atoms with Crippen LogP contribution in [0.3, 0.4) is 0 Å². The summed E-state index contributed by atoms with van der Waals surface area (Å²) in [6, 6.07) is 13.3. The average Bonchev–Trinajstić information content (AvgIpc) is 2.94. The standard InChI is InChI=1S/C17H19NS/c1-2-6-14(7-3-1)8-5-12-18-16-9-4-10-17-15(16)11-13-19-17/h1-3,5-8,11,13,16,18H,4,9-10,12H2. The molecule has 0 bridgehead atoms. The van der Waals surface area contributed by atoms with Crippen LogP contribution in [0.4, 0.5) is 0 Å². The van der Waals surface area contributed by atoms with Gasteiger partial charge in [0.1, 0.15) is 0 Å². The summed E-state index contributed by atoms with van der Waals surface area (Å²) >= 11 is 1.91. The van der Waals surface area contributed by atoms with Crippen molar-refractivity contribution >= 4 is 17.4 Å². The fraction of sp³-hybridized carbons (Fsp3) is 0.294. The summed E-state index contributed by atoms with van der Waals surface area (Å²) in [5, 5.41) is 5.88. The molecule has 0 radical (unpaired) electrons. The van der Waals surface area contributed by atoms with Gasteiger partial charge in [-0.3, -0.25) is 0 Å². The first-order chi connectivity index (χ1) is 9.43. The Balaban J connectivity index is 1.55. The van der Waals surface area contributed by atoms with Crippen molar-refractivity contribution in [2.75, 3.05) is 6.54 Å². The Morgan fingerprint density at radius 3 is 3.00 bits per heavy atom. The molecule has 1 aromatic carbocycles. The normalized spacial score (nSPS) is 18.6. The molecule has 1 N–H and O–H groups in total. The van der Waals surface area contributed by atoms with Crippen molar-refractivity contribution in [2.24, 2.45) is 0 Å². The zero-order valence-electron chi connectivity index (χ0n) is 11.0. The largest absolute Gasteiger partial charge is 0.306 e. The topological polar surface area (TPSA) is 12.0 Å². The molecular formula is C17H19NS. The monoisotopic (exact) mass is 269 g/mol. The van der Waals surface area contributed by atoms with Gasteiger partial charge in [0, 0.05) is 17.5 Å². The summed E-state index contributed by atoms with van der Waals surface area (Å²) in [7, 11) is 0. The Morgan fingerprint density at radius 1 is 1.21 bits per heavy atom. The van der Waals surface area contributed by atoms with Crippen molar-refractivity contribution in [3.05, 3.63) is 63.9 Å². The van der Waals surface area contributed by atoms with Crippen molar-refractivity contribution < 1.29 is 0 Å². The van der Waals surface area contributed by atoms with E-state index in [1.165, 1.54) is 30.4 Å². The minimum absolute atomic E-state index is 0.551. The quantitative estimate of drug-likeness (QED) is 0.866. The highest BCUT2D eigenvalue weighted by atomic mass is 32.1. The summed E-state index contributed by atoms with van der Waals surface area (Å²) in [6.07, 6.45) is 8.25. The summed E-state index contributed by atoms with van der Waals surface area (Å²) in [6.45, 7) is 0.939. The second kappa shape index (κ2) is 6.18. The summed E-state index contributed by atoms with van der Waals surface area (Å²) < 4.78 is 0. The van der Waals surface area contributed by atoms with Crippen LogP contribution in [-0.4, -0.2) is 6.54 Å². The van der Waals surface area contributed by atoms with Crippen LogP contribution in [-0.2, 0) is 6.42 Å². The SMILES string of the molecule is C(=Cc1ccccc1)CNC1CCCc2sccc21. The lowest BCUT2D eigenvalue weighted by Gasteiger charge is -2.23. The predicted molar refractivity (Wildman–Crippen MR) is 83.5 cm³/mol. The van der Waals surface area contributed by atoms with E-state index in [-0.39, 0.29) is 0 Å². The molecule has 2 aromatic rings. The van der Waals surface area contributed by atoms with E-state index in [9.17, 15) is 0 Å². The van der Waals surface area contributed by atoms with E-state index in [0.717, 1.165) is 6.54 Å². The maximum absolute atomic E-state index is 3.65. The second-order valence-electron chi connectivity index (χ2n) is 4.97. The fourth-order valence-electron chi connectivity index (χ4n) is 2.67. The average molecular weight is 269 g/mol. The molecule has 19 heavy (non-hydrogen) atoms. The van der Waals surface area contributed by atoms with Crippen molar-refractivity contribution in [3.63, 3.8) is 0 Å². The van der Waals surface area contributed by atoms with Crippen LogP contribution in [0.15, 0.2) is 47.9 Å². The molecule has 0 amide bonds. The van der Waals surface area contributed by atoms with Gasteiger partial charge in [-0.05, 0) is 41.8 Å². The van der Waals surface area contributed by atoms with Crippen molar-refractivity contribution in [3.8, 4) is 0 Å². The van der Waals surface area contributed by atoms with Gasteiger partial charge < -0.3 is 5.32 Å². The van der Waals surface area contributed by atoms with Gasteiger partial charge in [0.05, 0.1) is 0 Å². The highest BCUT2D eigenvalue weighted by Gasteiger charge is 2.19. The first-order valence-electron chi connectivity index (χ1n) is 6.95. The number of benzene rings is 1. The molecule has 1 heterocycles. The lowest BCUT2D eigenvalue weighted by molar-refractivity contribution is 0.485. The minimum atomic E-state index is 0.551. The Bertz CT molecular complexity index is 541. The molecular weight excluding hydrogens is 250 g/mol. The number of rotatable bonds is 4. The molecule has 0 saturated heterocycles. The summed E-state index contributed by atoms with van der Waals surface area (Å²) in [5.41, 5.74) is 2.80. The van der Waals surface area contributed by atoms with Crippen LogP contribution in [0.5, 0.6) is 0 Å². The van der Waals surface area contributed by atoms with E-state index in [2.05, 4.69) is 59.2 Å². The highest BCUT2D eigenvalue weighted by molar-refractivity contribution is 7.10. The van der Waals surface area contributed by atoms with E-state index in [1.54, 1.807) is 4.88 Å². The van der Waals surface area contributed by atoms with Gasteiger partial charge in [0.2, 0.25) is 0 Å². The summed E-state index contributed by atoms with van der Waals surface area (Å²) in [4.78, 5) is 1.58. The molecule has 1 aromatic heterocycles. The van der Waals surface area contributed by atoms with Crippen molar-refractivity contribution in [1.82, 2.24) is 5.32 Å². The maximum atomic E-state index is 3.65. The van der Waals surface area contributed by atoms with Gasteiger partial charge in [-0.25, -0.2) is 0 Å². The third-order valence-corrected chi connectivity index (χ3v) is 4.64.